The van der Waals surface area contributed by atoms with Crippen LogP contribution in [0.3, 0.4) is 0 Å². The maximum absolute atomic E-state index is 10.2. The van der Waals surface area contributed by atoms with Crippen LogP contribution in [0.2, 0.25) is 0 Å². The van der Waals surface area contributed by atoms with Crippen molar-refractivity contribution in [1.29, 1.82) is 0 Å². The van der Waals surface area contributed by atoms with Gasteiger partial charge in [-0.05, 0) is 5.56 Å². The van der Waals surface area contributed by atoms with Crippen LogP contribution < -0.4 is 0 Å². The standard InChI is InChI=1S/C8H8O2.C7H6O/c9-8(10)6-7-4-2-1-3-5-7;8-6-7-4-2-1-3-5-7/h1-5H,6H2,(H,9,10);1-6H. The number of aliphatic carboxylic acids is 1. The van der Waals surface area contributed by atoms with Gasteiger partial charge in [0.05, 0.1) is 6.42 Å². The topological polar surface area (TPSA) is 54.4 Å². The van der Waals surface area contributed by atoms with E-state index in [-0.39, 0.29) is 6.42 Å². The molecule has 3 nitrogen and oxygen atoms in total. The van der Waals surface area contributed by atoms with Gasteiger partial charge in [0, 0.05) is 5.56 Å². The highest BCUT2D eigenvalue weighted by molar-refractivity contribution is 5.74. The van der Waals surface area contributed by atoms with Crippen molar-refractivity contribution in [3.63, 3.8) is 0 Å². The minimum absolute atomic E-state index is 0.112. The Morgan fingerprint density at radius 1 is 0.944 bits per heavy atom. The third-order valence-corrected chi connectivity index (χ3v) is 2.13. The first kappa shape index (κ1) is 13.6. The SMILES string of the molecule is O=C(O)Cc1ccccc1.O=Cc1ccccc1. The average Bonchev–Trinajstić information content (AvgIpc) is 2.41. The number of rotatable bonds is 3. The summed E-state index contributed by atoms with van der Waals surface area (Å²) in [7, 11) is 0. The Bertz CT molecular complexity index is 478. The van der Waals surface area contributed by atoms with Gasteiger partial charge in [-0.2, -0.15) is 0 Å². The lowest BCUT2D eigenvalue weighted by Gasteiger charge is -1.92. The normalized spacial score (nSPS) is 8.89. The molecule has 2 aromatic rings. The molecule has 0 atom stereocenters. The van der Waals surface area contributed by atoms with E-state index in [9.17, 15) is 9.59 Å². The van der Waals surface area contributed by atoms with Crippen LogP contribution in [0.15, 0.2) is 60.7 Å². The average molecular weight is 242 g/mol. The van der Waals surface area contributed by atoms with Crippen molar-refractivity contribution < 1.29 is 14.7 Å². The monoisotopic (exact) mass is 242 g/mol. The molecule has 3 heteroatoms. The zero-order valence-corrected chi connectivity index (χ0v) is 9.82. The van der Waals surface area contributed by atoms with Crippen LogP contribution in [-0.4, -0.2) is 17.4 Å². The number of benzene rings is 2. The molecule has 0 aliphatic heterocycles. The predicted octanol–water partition coefficient (Wildman–Crippen LogP) is 2.81. The summed E-state index contributed by atoms with van der Waals surface area (Å²) >= 11 is 0. The Hall–Kier alpha value is -2.42. The molecule has 0 fully saturated rings. The van der Waals surface area contributed by atoms with E-state index in [1.54, 1.807) is 24.3 Å². The van der Waals surface area contributed by atoms with Crippen molar-refractivity contribution in [3.05, 3.63) is 71.8 Å². The highest BCUT2D eigenvalue weighted by Gasteiger charge is 1.96. The quantitative estimate of drug-likeness (QED) is 0.842. The van der Waals surface area contributed by atoms with Gasteiger partial charge in [0.25, 0.3) is 0 Å². The molecule has 18 heavy (non-hydrogen) atoms. The van der Waals surface area contributed by atoms with Crippen molar-refractivity contribution >= 4 is 12.3 Å². The lowest BCUT2D eigenvalue weighted by atomic mass is 10.2. The van der Waals surface area contributed by atoms with Gasteiger partial charge in [-0.1, -0.05) is 60.7 Å². The molecule has 0 radical (unpaired) electrons. The number of carboxylic acid groups (broad SMARTS) is 1. The molecule has 0 saturated carbocycles. The number of aldehydes is 1. The van der Waals surface area contributed by atoms with Crippen molar-refractivity contribution in [2.45, 2.75) is 6.42 Å². The molecule has 0 aromatic heterocycles. The molecule has 0 saturated heterocycles. The van der Waals surface area contributed by atoms with Gasteiger partial charge in [-0.25, -0.2) is 0 Å². The van der Waals surface area contributed by atoms with E-state index in [1.165, 1.54) is 0 Å². The first-order valence-electron chi connectivity index (χ1n) is 5.48. The number of hydrogen-bond donors (Lipinski definition) is 1. The smallest absolute Gasteiger partial charge is 0.307 e. The molecule has 0 unspecified atom stereocenters. The molecule has 1 N–H and O–H groups in total. The molecule has 0 heterocycles. The summed E-state index contributed by atoms with van der Waals surface area (Å²) in [6, 6.07) is 18.2. The van der Waals surface area contributed by atoms with E-state index in [1.807, 2.05) is 36.4 Å². The van der Waals surface area contributed by atoms with Crippen molar-refractivity contribution in [2.75, 3.05) is 0 Å². The molecule has 2 rings (SSSR count). The fourth-order valence-corrected chi connectivity index (χ4v) is 1.30. The number of carbonyl (C=O) groups is 2. The van der Waals surface area contributed by atoms with Crippen LogP contribution in [0.25, 0.3) is 0 Å². The molecular formula is C15H14O3. The fourth-order valence-electron chi connectivity index (χ4n) is 1.30. The van der Waals surface area contributed by atoms with Crippen molar-refractivity contribution in [1.82, 2.24) is 0 Å². The van der Waals surface area contributed by atoms with Crippen LogP contribution >= 0.6 is 0 Å². The molecule has 0 aliphatic rings. The summed E-state index contributed by atoms with van der Waals surface area (Å²) in [5, 5.41) is 8.37. The van der Waals surface area contributed by atoms with Crippen molar-refractivity contribution in [3.8, 4) is 0 Å². The summed E-state index contributed by atoms with van der Waals surface area (Å²) < 4.78 is 0. The highest BCUT2D eigenvalue weighted by Crippen LogP contribution is 1.98. The van der Waals surface area contributed by atoms with Gasteiger partial charge in [0.15, 0.2) is 0 Å². The van der Waals surface area contributed by atoms with Gasteiger partial charge >= 0.3 is 5.97 Å². The lowest BCUT2D eigenvalue weighted by Crippen LogP contribution is -1.98. The first-order valence-corrected chi connectivity index (χ1v) is 5.48. The maximum atomic E-state index is 10.2. The minimum Gasteiger partial charge on any atom is -0.481 e. The summed E-state index contributed by atoms with van der Waals surface area (Å²) in [5.74, 6) is -0.786. The second kappa shape index (κ2) is 7.79. The van der Waals surface area contributed by atoms with Gasteiger partial charge in [-0.3, -0.25) is 9.59 Å². The van der Waals surface area contributed by atoms with Crippen LogP contribution in [-0.2, 0) is 11.2 Å². The summed E-state index contributed by atoms with van der Waals surface area (Å²) in [6.07, 6.45) is 0.945. The third kappa shape index (κ3) is 5.61. The number of hydrogen-bond acceptors (Lipinski definition) is 2. The van der Waals surface area contributed by atoms with Gasteiger partial charge in [0.2, 0.25) is 0 Å². The summed E-state index contributed by atoms with van der Waals surface area (Å²) in [5.41, 5.74) is 1.57. The highest BCUT2D eigenvalue weighted by atomic mass is 16.4. The largest absolute Gasteiger partial charge is 0.481 e. The van der Waals surface area contributed by atoms with Gasteiger partial charge in [0.1, 0.15) is 6.29 Å². The first-order chi connectivity index (χ1) is 8.72. The molecule has 0 amide bonds. The molecule has 2 aromatic carbocycles. The second-order valence-corrected chi connectivity index (χ2v) is 3.58. The molecular weight excluding hydrogens is 228 g/mol. The van der Waals surface area contributed by atoms with Crippen LogP contribution in [0.1, 0.15) is 15.9 Å². The number of carboxylic acids is 1. The number of carbonyl (C=O) groups excluding carboxylic acids is 1. The zero-order valence-electron chi connectivity index (χ0n) is 9.82. The van der Waals surface area contributed by atoms with Crippen LogP contribution in [0, 0.1) is 0 Å². The van der Waals surface area contributed by atoms with E-state index < -0.39 is 5.97 Å². The van der Waals surface area contributed by atoms with E-state index in [0.29, 0.717) is 0 Å². The molecule has 92 valence electrons. The maximum Gasteiger partial charge on any atom is 0.307 e. The Morgan fingerprint density at radius 3 is 1.83 bits per heavy atom. The van der Waals surface area contributed by atoms with Gasteiger partial charge in [-0.15, -0.1) is 0 Å². The summed E-state index contributed by atoms with van der Waals surface area (Å²) in [4.78, 5) is 20.2. The van der Waals surface area contributed by atoms with E-state index in [0.717, 1.165) is 17.4 Å². The van der Waals surface area contributed by atoms with Crippen LogP contribution in [0.4, 0.5) is 0 Å². The zero-order chi connectivity index (χ0) is 13.2. The van der Waals surface area contributed by atoms with Crippen molar-refractivity contribution in [2.24, 2.45) is 0 Å². The lowest BCUT2D eigenvalue weighted by molar-refractivity contribution is -0.136. The minimum atomic E-state index is -0.786. The predicted molar refractivity (Wildman–Crippen MR) is 69.6 cm³/mol. The Balaban J connectivity index is 0.000000184. The third-order valence-electron chi connectivity index (χ3n) is 2.13. The van der Waals surface area contributed by atoms with E-state index >= 15 is 0 Å². The Labute approximate surface area is 106 Å². The van der Waals surface area contributed by atoms with E-state index in [2.05, 4.69) is 0 Å². The molecule has 0 spiro atoms. The Kier molecular flexibility index (Phi) is 5.90. The molecule has 0 aliphatic carbocycles. The fraction of sp³-hybridized carbons (Fsp3) is 0.0667. The van der Waals surface area contributed by atoms with Gasteiger partial charge < -0.3 is 5.11 Å². The second-order valence-electron chi connectivity index (χ2n) is 3.58. The summed E-state index contributed by atoms with van der Waals surface area (Å²) in [6.45, 7) is 0. The molecule has 0 bridgehead atoms. The van der Waals surface area contributed by atoms with E-state index in [4.69, 9.17) is 5.11 Å². The van der Waals surface area contributed by atoms with Crippen LogP contribution in [0.5, 0.6) is 0 Å². The Morgan fingerprint density at radius 2 is 1.44 bits per heavy atom.